The van der Waals surface area contributed by atoms with Gasteiger partial charge in [0.25, 0.3) is 0 Å². The number of carbonyl (C=O) groups is 1. The van der Waals surface area contributed by atoms with Gasteiger partial charge >= 0.3 is 0 Å². The Morgan fingerprint density at radius 2 is 1.77 bits per heavy atom. The molecule has 0 radical (unpaired) electrons. The zero-order valence-corrected chi connectivity index (χ0v) is 15.7. The molecule has 0 aliphatic carbocycles. The normalized spacial score (nSPS) is 10.5. The van der Waals surface area contributed by atoms with Crippen LogP contribution in [-0.2, 0) is 11.2 Å². The average Bonchev–Trinajstić information content (AvgIpc) is 2.51. The minimum Gasteiger partial charge on any atom is -0.357 e. The van der Waals surface area contributed by atoms with E-state index in [2.05, 4.69) is 33.1 Å². The molecule has 1 amide bonds. The first-order chi connectivity index (χ1) is 10.3. The minimum atomic E-state index is -0.0443. The third-order valence-electron chi connectivity index (χ3n) is 2.85. The Labute approximate surface area is 150 Å². The van der Waals surface area contributed by atoms with Crippen LogP contribution in [0.15, 0.2) is 35.3 Å². The molecule has 1 rings (SSSR count). The average molecular weight is 418 g/mol. The molecule has 0 spiro atoms. The van der Waals surface area contributed by atoms with E-state index in [1.807, 2.05) is 32.0 Å². The zero-order valence-electron chi connectivity index (χ0n) is 13.4. The molecule has 1 aromatic carbocycles. The van der Waals surface area contributed by atoms with Crippen LogP contribution in [-0.4, -0.2) is 38.0 Å². The van der Waals surface area contributed by atoms with E-state index in [1.165, 1.54) is 5.56 Å². The van der Waals surface area contributed by atoms with E-state index in [0.29, 0.717) is 12.5 Å². The van der Waals surface area contributed by atoms with Crippen molar-refractivity contribution in [1.29, 1.82) is 0 Å². The molecule has 5 nitrogen and oxygen atoms in total. The number of nitrogens with one attached hydrogen (secondary N) is 3. The van der Waals surface area contributed by atoms with Crippen LogP contribution in [0.2, 0.25) is 0 Å². The molecule has 0 heterocycles. The van der Waals surface area contributed by atoms with Crippen molar-refractivity contribution in [1.82, 2.24) is 16.0 Å². The molecule has 0 bridgehead atoms. The number of aliphatic imine (C=N–C) groups is 1. The fourth-order valence-electron chi connectivity index (χ4n) is 1.78. The van der Waals surface area contributed by atoms with Crippen LogP contribution in [0.1, 0.15) is 25.8 Å². The summed E-state index contributed by atoms with van der Waals surface area (Å²) in [4.78, 5) is 15.8. The number of hydrogen-bond donors (Lipinski definition) is 3. The number of rotatable bonds is 8. The standard InChI is InChI=1S/C16H26N4O.HI/c1-3-11-18-15(21)13-20-16(17-4-2)19-12-10-14-8-6-5-7-9-14;/h5-9H,3-4,10-13H2,1-2H3,(H,18,21)(H2,17,19,20);1H. The van der Waals surface area contributed by atoms with Crippen molar-refractivity contribution >= 4 is 35.8 Å². The van der Waals surface area contributed by atoms with Gasteiger partial charge in [-0.1, -0.05) is 37.3 Å². The van der Waals surface area contributed by atoms with E-state index in [-0.39, 0.29) is 36.4 Å². The summed E-state index contributed by atoms with van der Waals surface area (Å²) in [5.74, 6) is 0.636. The Balaban J connectivity index is 0.00000441. The molecule has 0 unspecified atom stereocenters. The zero-order chi connectivity index (χ0) is 15.3. The van der Waals surface area contributed by atoms with Crippen LogP contribution in [0.5, 0.6) is 0 Å². The fourth-order valence-corrected chi connectivity index (χ4v) is 1.78. The van der Waals surface area contributed by atoms with Gasteiger partial charge in [0.15, 0.2) is 5.96 Å². The lowest BCUT2D eigenvalue weighted by Gasteiger charge is -2.11. The van der Waals surface area contributed by atoms with Gasteiger partial charge in [0.05, 0.1) is 0 Å². The molecule has 0 fully saturated rings. The smallest absolute Gasteiger partial charge is 0.241 e. The topological polar surface area (TPSA) is 65.5 Å². The van der Waals surface area contributed by atoms with Gasteiger partial charge in [-0.3, -0.25) is 4.79 Å². The van der Waals surface area contributed by atoms with E-state index in [9.17, 15) is 4.79 Å². The molecule has 1 aromatic rings. The summed E-state index contributed by atoms with van der Waals surface area (Å²) in [5.41, 5.74) is 1.28. The highest BCUT2D eigenvalue weighted by Crippen LogP contribution is 1.97. The molecule has 0 atom stereocenters. The van der Waals surface area contributed by atoms with Gasteiger partial charge in [0.2, 0.25) is 5.91 Å². The minimum absolute atomic E-state index is 0. The van der Waals surface area contributed by atoms with Gasteiger partial charge in [-0.05, 0) is 25.3 Å². The number of amides is 1. The van der Waals surface area contributed by atoms with Gasteiger partial charge in [-0.15, -0.1) is 24.0 Å². The summed E-state index contributed by atoms with van der Waals surface area (Å²) < 4.78 is 0. The predicted octanol–water partition coefficient (Wildman–Crippen LogP) is 1.93. The first-order valence-electron chi connectivity index (χ1n) is 7.59. The second kappa shape index (κ2) is 13.4. The number of halogens is 1. The first-order valence-corrected chi connectivity index (χ1v) is 7.59. The van der Waals surface area contributed by atoms with Crippen molar-refractivity contribution in [2.75, 3.05) is 26.2 Å². The van der Waals surface area contributed by atoms with Gasteiger partial charge < -0.3 is 16.0 Å². The van der Waals surface area contributed by atoms with Gasteiger partial charge in [-0.25, -0.2) is 4.99 Å². The number of nitrogens with zero attached hydrogens (tertiary/aromatic N) is 1. The predicted molar refractivity (Wildman–Crippen MR) is 103 cm³/mol. The lowest BCUT2D eigenvalue weighted by molar-refractivity contribution is -0.119. The van der Waals surface area contributed by atoms with Crippen molar-refractivity contribution in [3.63, 3.8) is 0 Å². The number of guanidine groups is 1. The Hall–Kier alpha value is -1.31. The van der Waals surface area contributed by atoms with E-state index >= 15 is 0 Å². The summed E-state index contributed by atoms with van der Waals surface area (Å²) in [6, 6.07) is 10.3. The molecule has 0 aliphatic heterocycles. The fraction of sp³-hybridized carbons (Fsp3) is 0.500. The molecular weight excluding hydrogens is 391 g/mol. The third kappa shape index (κ3) is 9.59. The number of hydrogen-bond acceptors (Lipinski definition) is 2. The summed E-state index contributed by atoms with van der Waals surface area (Å²) >= 11 is 0. The highest BCUT2D eigenvalue weighted by molar-refractivity contribution is 14.0. The molecule has 0 aliphatic rings. The maximum Gasteiger partial charge on any atom is 0.241 e. The molecule has 0 saturated carbocycles. The SMILES string of the molecule is CCCNC(=O)CN=C(NCC)NCCc1ccccc1.I. The van der Waals surface area contributed by atoms with E-state index in [0.717, 1.165) is 25.9 Å². The third-order valence-corrected chi connectivity index (χ3v) is 2.85. The Morgan fingerprint density at radius 1 is 1.05 bits per heavy atom. The highest BCUT2D eigenvalue weighted by Gasteiger charge is 2.01. The summed E-state index contributed by atoms with van der Waals surface area (Å²) in [7, 11) is 0. The summed E-state index contributed by atoms with van der Waals surface area (Å²) in [5, 5.41) is 9.19. The molecule has 3 N–H and O–H groups in total. The maximum atomic E-state index is 11.5. The monoisotopic (exact) mass is 418 g/mol. The van der Waals surface area contributed by atoms with E-state index in [4.69, 9.17) is 0 Å². The number of benzene rings is 1. The number of carbonyl (C=O) groups excluding carboxylic acids is 1. The Bertz CT molecular complexity index is 437. The van der Waals surface area contributed by atoms with Crippen LogP contribution in [0.25, 0.3) is 0 Å². The second-order valence-electron chi connectivity index (χ2n) is 4.71. The molecule has 22 heavy (non-hydrogen) atoms. The molecule has 0 aromatic heterocycles. The van der Waals surface area contributed by atoms with Crippen molar-refractivity contribution < 1.29 is 4.79 Å². The van der Waals surface area contributed by atoms with Crippen molar-refractivity contribution in [2.45, 2.75) is 26.7 Å². The van der Waals surface area contributed by atoms with Crippen LogP contribution in [0, 0.1) is 0 Å². The Kier molecular flexibility index (Phi) is 12.6. The van der Waals surface area contributed by atoms with Crippen molar-refractivity contribution in [2.24, 2.45) is 4.99 Å². The van der Waals surface area contributed by atoms with Gasteiger partial charge in [-0.2, -0.15) is 0 Å². The summed E-state index contributed by atoms with van der Waals surface area (Å²) in [6.45, 7) is 6.44. The lowest BCUT2D eigenvalue weighted by Crippen LogP contribution is -2.39. The second-order valence-corrected chi connectivity index (χ2v) is 4.71. The molecular formula is C16H27IN4O. The molecule has 6 heteroatoms. The van der Waals surface area contributed by atoms with Crippen molar-refractivity contribution in [3.05, 3.63) is 35.9 Å². The highest BCUT2D eigenvalue weighted by atomic mass is 127. The van der Waals surface area contributed by atoms with Gasteiger partial charge in [0, 0.05) is 19.6 Å². The quantitative estimate of drug-likeness (QED) is 0.344. The maximum absolute atomic E-state index is 11.5. The summed E-state index contributed by atoms with van der Waals surface area (Å²) in [6.07, 6.45) is 1.86. The largest absolute Gasteiger partial charge is 0.357 e. The van der Waals surface area contributed by atoms with Crippen LogP contribution in [0.4, 0.5) is 0 Å². The lowest BCUT2D eigenvalue weighted by atomic mass is 10.1. The van der Waals surface area contributed by atoms with Crippen LogP contribution in [0.3, 0.4) is 0 Å². The Morgan fingerprint density at radius 3 is 2.41 bits per heavy atom. The van der Waals surface area contributed by atoms with E-state index in [1.54, 1.807) is 0 Å². The molecule has 124 valence electrons. The first kappa shape index (κ1) is 20.7. The van der Waals surface area contributed by atoms with Crippen LogP contribution < -0.4 is 16.0 Å². The van der Waals surface area contributed by atoms with Gasteiger partial charge in [0.1, 0.15) is 6.54 Å². The van der Waals surface area contributed by atoms with E-state index < -0.39 is 0 Å². The van der Waals surface area contributed by atoms with Crippen LogP contribution >= 0.6 is 24.0 Å². The van der Waals surface area contributed by atoms with Crippen molar-refractivity contribution in [3.8, 4) is 0 Å². The molecule has 0 saturated heterocycles.